The van der Waals surface area contributed by atoms with Crippen LogP contribution in [0.2, 0.25) is 0 Å². The maximum atomic E-state index is 11.8. The fourth-order valence-corrected chi connectivity index (χ4v) is 2.28. The van der Waals surface area contributed by atoms with Gasteiger partial charge in [-0.1, -0.05) is 32.1 Å². The van der Waals surface area contributed by atoms with Gasteiger partial charge in [-0.25, -0.2) is 0 Å². The summed E-state index contributed by atoms with van der Waals surface area (Å²) in [6.07, 6.45) is 2.34. The zero-order valence-corrected chi connectivity index (χ0v) is 12.4. The molecule has 0 unspecified atom stereocenters. The van der Waals surface area contributed by atoms with Gasteiger partial charge in [-0.15, -0.1) is 18.3 Å². The minimum Gasteiger partial charge on any atom is -0.325 e. The molecule has 0 heterocycles. The Labute approximate surface area is 119 Å². The Balaban J connectivity index is 2.51. The molecule has 2 N–H and O–H groups in total. The SMILES string of the molecule is C=CCSc1ccccc1NC(=O)CCNC(C)C. The van der Waals surface area contributed by atoms with Crippen molar-refractivity contribution >= 4 is 23.4 Å². The molecule has 0 radical (unpaired) electrons. The van der Waals surface area contributed by atoms with Gasteiger partial charge in [0.15, 0.2) is 0 Å². The van der Waals surface area contributed by atoms with Gasteiger partial charge in [0.2, 0.25) is 5.91 Å². The second kappa shape index (κ2) is 8.77. The van der Waals surface area contributed by atoms with Crippen molar-refractivity contribution in [2.24, 2.45) is 0 Å². The first-order valence-electron chi connectivity index (χ1n) is 6.49. The zero-order chi connectivity index (χ0) is 14.1. The largest absolute Gasteiger partial charge is 0.325 e. The number of hydrogen-bond acceptors (Lipinski definition) is 3. The summed E-state index contributed by atoms with van der Waals surface area (Å²) in [7, 11) is 0. The minimum absolute atomic E-state index is 0.0415. The number of carbonyl (C=O) groups is 1. The van der Waals surface area contributed by atoms with Gasteiger partial charge in [0, 0.05) is 29.7 Å². The predicted molar refractivity (Wildman–Crippen MR) is 83.7 cm³/mol. The highest BCUT2D eigenvalue weighted by atomic mass is 32.2. The smallest absolute Gasteiger partial charge is 0.225 e. The lowest BCUT2D eigenvalue weighted by Crippen LogP contribution is -2.27. The van der Waals surface area contributed by atoms with Gasteiger partial charge in [-0.3, -0.25) is 4.79 Å². The maximum Gasteiger partial charge on any atom is 0.225 e. The highest BCUT2D eigenvalue weighted by Crippen LogP contribution is 2.26. The van der Waals surface area contributed by atoms with Gasteiger partial charge in [0.25, 0.3) is 0 Å². The molecule has 1 aromatic rings. The van der Waals surface area contributed by atoms with E-state index in [0.717, 1.165) is 16.3 Å². The second-order valence-electron chi connectivity index (χ2n) is 4.50. The molecule has 0 aromatic heterocycles. The van der Waals surface area contributed by atoms with Gasteiger partial charge in [0.05, 0.1) is 5.69 Å². The highest BCUT2D eigenvalue weighted by molar-refractivity contribution is 7.99. The Kier molecular flexibility index (Phi) is 7.30. The number of hydrogen-bond donors (Lipinski definition) is 2. The van der Waals surface area contributed by atoms with Crippen molar-refractivity contribution in [2.45, 2.75) is 31.2 Å². The standard InChI is InChI=1S/C15H22N2OS/c1-4-11-19-14-8-6-5-7-13(14)17-15(18)9-10-16-12(2)3/h4-8,12,16H,1,9-11H2,2-3H3,(H,17,18). The number of carbonyl (C=O) groups excluding carboxylic acids is 1. The first-order chi connectivity index (χ1) is 9.13. The maximum absolute atomic E-state index is 11.8. The van der Waals surface area contributed by atoms with E-state index >= 15 is 0 Å². The van der Waals surface area contributed by atoms with Crippen LogP contribution in [-0.2, 0) is 4.79 Å². The number of rotatable bonds is 8. The molecule has 0 aliphatic carbocycles. The van der Waals surface area contributed by atoms with Crippen LogP contribution in [0.25, 0.3) is 0 Å². The van der Waals surface area contributed by atoms with Crippen LogP contribution >= 0.6 is 11.8 Å². The van der Waals surface area contributed by atoms with Crippen LogP contribution in [0.15, 0.2) is 41.8 Å². The van der Waals surface area contributed by atoms with E-state index in [1.807, 2.05) is 30.3 Å². The number of anilines is 1. The van der Waals surface area contributed by atoms with E-state index in [9.17, 15) is 4.79 Å². The Morgan fingerprint density at radius 3 is 2.84 bits per heavy atom. The van der Waals surface area contributed by atoms with E-state index in [0.29, 0.717) is 19.0 Å². The fourth-order valence-electron chi connectivity index (χ4n) is 1.53. The number of amides is 1. The van der Waals surface area contributed by atoms with Gasteiger partial charge < -0.3 is 10.6 Å². The van der Waals surface area contributed by atoms with Crippen LogP contribution in [0.5, 0.6) is 0 Å². The molecule has 0 fully saturated rings. The second-order valence-corrected chi connectivity index (χ2v) is 5.56. The minimum atomic E-state index is 0.0415. The van der Waals surface area contributed by atoms with E-state index in [1.54, 1.807) is 11.8 Å². The van der Waals surface area contributed by atoms with Crippen LogP contribution in [0, 0.1) is 0 Å². The third-order valence-electron chi connectivity index (χ3n) is 2.42. The fraction of sp³-hybridized carbons (Fsp3) is 0.400. The lowest BCUT2D eigenvalue weighted by Gasteiger charge is -2.11. The zero-order valence-electron chi connectivity index (χ0n) is 11.6. The molecule has 0 saturated carbocycles. The highest BCUT2D eigenvalue weighted by Gasteiger charge is 2.06. The van der Waals surface area contributed by atoms with Crippen molar-refractivity contribution in [2.75, 3.05) is 17.6 Å². The summed E-state index contributed by atoms with van der Waals surface area (Å²) < 4.78 is 0. The van der Waals surface area contributed by atoms with Crippen molar-refractivity contribution in [3.8, 4) is 0 Å². The van der Waals surface area contributed by atoms with Crippen LogP contribution in [-0.4, -0.2) is 24.2 Å². The summed E-state index contributed by atoms with van der Waals surface area (Å²) in [5.74, 6) is 0.877. The molecule has 19 heavy (non-hydrogen) atoms. The van der Waals surface area contributed by atoms with Crippen molar-refractivity contribution in [3.63, 3.8) is 0 Å². The monoisotopic (exact) mass is 278 g/mol. The normalized spacial score (nSPS) is 10.5. The van der Waals surface area contributed by atoms with Gasteiger partial charge in [0.1, 0.15) is 0 Å². The molecule has 0 saturated heterocycles. The Bertz CT molecular complexity index is 418. The molecule has 0 spiro atoms. The summed E-state index contributed by atoms with van der Waals surface area (Å²) in [4.78, 5) is 12.9. The lowest BCUT2D eigenvalue weighted by molar-refractivity contribution is -0.116. The van der Waals surface area contributed by atoms with Crippen molar-refractivity contribution in [1.82, 2.24) is 5.32 Å². The van der Waals surface area contributed by atoms with Crippen LogP contribution in [0.1, 0.15) is 20.3 Å². The number of nitrogens with one attached hydrogen (secondary N) is 2. The summed E-state index contributed by atoms with van der Waals surface area (Å²) in [5.41, 5.74) is 0.879. The molecule has 0 aliphatic rings. The summed E-state index contributed by atoms with van der Waals surface area (Å²) in [6.45, 7) is 8.54. The van der Waals surface area contributed by atoms with Crippen LogP contribution in [0.3, 0.4) is 0 Å². The van der Waals surface area contributed by atoms with E-state index in [1.165, 1.54) is 0 Å². The third kappa shape index (κ3) is 6.45. The first kappa shape index (κ1) is 15.8. The summed E-state index contributed by atoms with van der Waals surface area (Å²) in [6, 6.07) is 8.25. The molecule has 1 aromatic carbocycles. The molecule has 0 atom stereocenters. The number of para-hydroxylation sites is 1. The molecule has 1 rings (SSSR count). The molecular formula is C15H22N2OS. The Hall–Kier alpha value is -1.26. The van der Waals surface area contributed by atoms with E-state index in [2.05, 4.69) is 31.1 Å². The van der Waals surface area contributed by atoms with E-state index in [4.69, 9.17) is 0 Å². The summed E-state index contributed by atoms with van der Waals surface area (Å²) in [5, 5.41) is 6.19. The molecular weight excluding hydrogens is 256 g/mol. The van der Waals surface area contributed by atoms with Gasteiger partial charge >= 0.3 is 0 Å². The third-order valence-corrected chi connectivity index (χ3v) is 3.49. The molecule has 0 bridgehead atoms. The lowest BCUT2D eigenvalue weighted by atomic mass is 10.3. The summed E-state index contributed by atoms with van der Waals surface area (Å²) >= 11 is 1.67. The molecule has 0 aliphatic heterocycles. The predicted octanol–water partition coefficient (Wildman–Crippen LogP) is 3.29. The van der Waals surface area contributed by atoms with E-state index in [-0.39, 0.29) is 5.91 Å². The topological polar surface area (TPSA) is 41.1 Å². The van der Waals surface area contributed by atoms with Crippen LogP contribution < -0.4 is 10.6 Å². The Morgan fingerprint density at radius 2 is 2.16 bits per heavy atom. The average molecular weight is 278 g/mol. The average Bonchev–Trinajstić information content (AvgIpc) is 2.37. The molecule has 4 heteroatoms. The van der Waals surface area contributed by atoms with Crippen molar-refractivity contribution < 1.29 is 4.79 Å². The molecule has 104 valence electrons. The van der Waals surface area contributed by atoms with E-state index < -0.39 is 0 Å². The van der Waals surface area contributed by atoms with Gasteiger partial charge in [-0.05, 0) is 12.1 Å². The van der Waals surface area contributed by atoms with Gasteiger partial charge in [-0.2, -0.15) is 0 Å². The quantitative estimate of drug-likeness (QED) is 0.566. The van der Waals surface area contributed by atoms with Crippen molar-refractivity contribution in [3.05, 3.63) is 36.9 Å². The van der Waals surface area contributed by atoms with Crippen molar-refractivity contribution in [1.29, 1.82) is 0 Å². The number of benzene rings is 1. The molecule has 3 nitrogen and oxygen atoms in total. The Morgan fingerprint density at radius 1 is 1.42 bits per heavy atom. The number of thioether (sulfide) groups is 1. The first-order valence-corrected chi connectivity index (χ1v) is 7.48. The molecule has 1 amide bonds. The van der Waals surface area contributed by atoms with Crippen LogP contribution in [0.4, 0.5) is 5.69 Å².